The van der Waals surface area contributed by atoms with Gasteiger partial charge in [-0.3, -0.25) is 4.99 Å². The third-order valence-electron chi connectivity index (χ3n) is 3.53. The first-order chi connectivity index (χ1) is 7.78. The van der Waals surface area contributed by atoms with Gasteiger partial charge in [-0.15, -0.1) is 0 Å². The van der Waals surface area contributed by atoms with Crippen LogP contribution in [0.4, 0.5) is 0 Å². The predicted molar refractivity (Wildman–Crippen MR) is 79.9 cm³/mol. The molecule has 1 aliphatic heterocycles. The minimum Gasteiger partial charge on any atom is -0.360 e. The molecule has 2 nitrogen and oxygen atoms in total. The molecule has 0 amide bonds. The molecule has 0 bridgehead atoms. The van der Waals surface area contributed by atoms with Gasteiger partial charge in [0, 0.05) is 10.8 Å². The number of amidine groups is 1. The molecule has 1 N–H and O–H groups in total. The second-order valence-electron chi connectivity index (χ2n) is 6.54. The molecule has 1 heterocycles. The molecule has 1 unspecified atom stereocenters. The Kier molecular flexibility index (Phi) is 4.94. The topological polar surface area (TPSA) is 24.4 Å². The van der Waals surface area contributed by atoms with Crippen LogP contribution in [0.5, 0.6) is 0 Å². The molecule has 0 saturated carbocycles. The molecular formula is C14H28N2S. The summed E-state index contributed by atoms with van der Waals surface area (Å²) in [6.07, 6.45) is 3.53. The molecule has 0 aliphatic carbocycles. The van der Waals surface area contributed by atoms with Gasteiger partial charge in [0.15, 0.2) is 5.17 Å². The number of aliphatic imine (C=N–C) groups is 1. The van der Waals surface area contributed by atoms with E-state index in [0.29, 0.717) is 10.7 Å². The van der Waals surface area contributed by atoms with E-state index in [2.05, 4.69) is 51.9 Å². The molecular weight excluding hydrogens is 228 g/mol. The van der Waals surface area contributed by atoms with E-state index in [0.717, 1.165) is 24.6 Å². The van der Waals surface area contributed by atoms with Gasteiger partial charge in [-0.1, -0.05) is 46.4 Å². The number of hydrogen-bond acceptors (Lipinski definition) is 3. The van der Waals surface area contributed by atoms with Gasteiger partial charge in [0.2, 0.25) is 0 Å². The van der Waals surface area contributed by atoms with E-state index < -0.39 is 0 Å². The van der Waals surface area contributed by atoms with Crippen LogP contribution in [0.15, 0.2) is 4.99 Å². The first kappa shape index (κ1) is 14.9. The van der Waals surface area contributed by atoms with Crippen LogP contribution in [0.25, 0.3) is 0 Å². The van der Waals surface area contributed by atoms with Crippen molar-refractivity contribution in [1.82, 2.24) is 5.32 Å². The van der Waals surface area contributed by atoms with Crippen molar-refractivity contribution in [2.75, 3.05) is 6.54 Å². The molecule has 17 heavy (non-hydrogen) atoms. The Morgan fingerprint density at radius 1 is 1.24 bits per heavy atom. The van der Waals surface area contributed by atoms with Crippen molar-refractivity contribution in [3.8, 4) is 0 Å². The van der Waals surface area contributed by atoms with Crippen LogP contribution in [-0.2, 0) is 0 Å². The highest BCUT2D eigenvalue weighted by Gasteiger charge is 2.28. The predicted octanol–water partition coefficient (Wildman–Crippen LogP) is 4.06. The highest BCUT2D eigenvalue weighted by molar-refractivity contribution is 8.14. The molecule has 3 heteroatoms. The highest BCUT2D eigenvalue weighted by Crippen LogP contribution is 2.32. The van der Waals surface area contributed by atoms with Gasteiger partial charge in [-0.25, -0.2) is 0 Å². The first-order valence-electron chi connectivity index (χ1n) is 6.77. The van der Waals surface area contributed by atoms with Gasteiger partial charge in [-0.2, -0.15) is 0 Å². The summed E-state index contributed by atoms with van der Waals surface area (Å²) in [5.41, 5.74) is 0.615. The Hall–Kier alpha value is -0.180. The summed E-state index contributed by atoms with van der Waals surface area (Å²) in [6, 6.07) is 0. The largest absolute Gasteiger partial charge is 0.360 e. The van der Waals surface area contributed by atoms with E-state index in [1.807, 2.05) is 11.8 Å². The van der Waals surface area contributed by atoms with E-state index in [4.69, 9.17) is 0 Å². The van der Waals surface area contributed by atoms with Gasteiger partial charge >= 0.3 is 0 Å². The molecule has 0 fully saturated rings. The van der Waals surface area contributed by atoms with E-state index in [1.54, 1.807) is 0 Å². The zero-order valence-corrected chi connectivity index (χ0v) is 13.1. The lowest BCUT2D eigenvalue weighted by Crippen LogP contribution is -2.43. The average Bonchev–Trinajstić information content (AvgIpc) is 2.62. The van der Waals surface area contributed by atoms with Crippen LogP contribution in [0, 0.1) is 5.41 Å². The minimum absolute atomic E-state index is 0.211. The Bertz CT molecular complexity index is 274. The summed E-state index contributed by atoms with van der Waals surface area (Å²) in [6.45, 7) is 14.7. The number of thioether (sulfide) groups is 1. The third kappa shape index (κ3) is 4.90. The van der Waals surface area contributed by atoms with Crippen molar-refractivity contribution >= 4 is 16.9 Å². The summed E-state index contributed by atoms with van der Waals surface area (Å²) < 4.78 is 0. The maximum Gasteiger partial charge on any atom is 0.157 e. The van der Waals surface area contributed by atoms with Crippen LogP contribution in [0.1, 0.15) is 60.8 Å². The lowest BCUT2D eigenvalue weighted by atomic mass is 9.90. The van der Waals surface area contributed by atoms with Crippen molar-refractivity contribution in [3.05, 3.63) is 0 Å². The molecule has 0 radical (unpaired) electrons. The molecule has 0 aromatic heterocycles. The molecule has 0 aromatic rings. The van der Waals surface area contributed by atoms with Crippen molar-refractivity contribution in [2.45, 2.75) is 71.6 Å². The molecule has 0 aromatic carbocycles. The fourth-order valence-corrected chi connectivity index (χ4v) is 3.46. The van der Waals surface area contributed by atoms with Gasteiger partial charge in [0.05, 0.1) is 6.54 Å². The van der Waals surface area contributed by atoms with Crippen LogP contribution in [0.2, 0.25) is 0 Å². The standard InChI is InChI=1S/C14H28N2S/c1-7-14(6,8-2)16-12-15-10-11(17-12)9-13(3,4)5/h11H,7-10H2,1-6H3,(H,15,16). The summed E-state index contributed by atoms with van der Waals surface area (Å²) in [5.74, 6) is 0. The van der Waals surface area contributed by atoms with Gasteiger partial charge in [0.1, 0.15) is 0 Å². The fraction of sp³-hybridized carbons (Fsp3) is 0.929. The Balaban J connectivity index is 2.45. The fourth-order valence-electron chi connectivity index (χ4n) is 1.96. The summed E-state index contributed by atoms with van der Waals surface area (Å²) in [7, 11) is 0. The van der Waals surface area contributed by atoms with Crippen LogP contribution in [0.3, 0.4) is 0 Å². The second-order valence-corrected chi connectivity index (χ2v) is 7.83. The summed E-state index contributed by atoms with van der Waals surface area (Å²) in [5, 5.41) is 5.44. The van der Waals surface area contributed by atoms with Gasteiger partial charge in [-0.05, 0) is 31.6 Å². The van der Waals surface area contributed by atoms with E-state index in [9.17, 15) is 0 Å². The van der Waals surface area contributed by atoms with E-state index in [-0.39, 0.29) is 5.54 Å². The summed E-state index contributed by atoms with van der Waals surface area (Å²) >= 11 is 1.93. The maximum absolute atomic E-state index is 4.65. The molecule has 1 atom stereocenters. The van der Waals surface area contributed by atoms with E-state index >= 15 is 0 Å². The number of nitrogens with one attached hydrogen (secondary N) is 1. The zero-order chi connectivity index (χ0) is 13.1. The SMILES string of the molecule is CCC(C)(CC)NC1=NCC(CC(C)(C)C)S1. The van der Waals surface area contributed by atoms with Crippen molar-refractivity contribution in [1.29, 1.82) is 0 Å². The Morgan fingerprint density at radius 2 is 1.82 bits per heavy atom. The molecule has 0 spiro atoms. The van der Waals surface area contributed by atoms with E-state index in [1.165, 1.54) is 6.42 Å². The zero-order valence-electron chi connectivity index (χ0n) is 12.3. The number of hydrogen-bond donors (Lipinski definition) is 1. The number of nitrogens with zero attached hydrogens (tertiary/aromatic N) is 1. The lowest BCUT2D eigenvalue weighted by Gasteiger charge is -2.29. The normalized spacial score (nSPS) is 21.5. The second kappa shape index (κ2) is 5.64. The molecule has 0 saturated heterocycles. The van der Waals surface area contributed by atoms with Gasteiger partial charge < -0.3 is 5.32 Å². The first-order valence-corrected chi connectivity index (χ1v) is 7.65. The maximum atomic E-state index is 4.65. The molecule has 100 valence electrons. The highest BCUT2D eigenvalue weighted by atomic mass is 32.2. The van der Waals surface area contributed by atoms with Crippen LogP contribution >= 0.6 is 11.8 Å². The smallest absolute Gasteiger partial charge is 0.157 e. The monoisotopic (exact) mass is 256 g/mol. The minimum atomic E-state index is 0.211. The Morgan fingerprint density at radius 3 is 2.29 bits per heavy atom. The van der Waals surface area contributed by atoms with Crippen LogP contribution < -0.4 is 5.32 Å². The third-order valence-corrected chi connectivity index (χ3v) is 4.63. The number of rotatable bonds is 4. The lowest BCUT2D eigenvalue weighted by molar-refractivity contribution is 0.375. The quantitative estimate of drug-likeness (QED) is 0.820. The van der Waals surface area contributed by atoms with Crippen LogP contribution in [-0.4, -0.2) is 22.5 Å². The molecule has 1 rings (SSSR count). The van der Waals surface area contributed by atoms with Gasteiger partial charge in [0.25, 0.3) is 0 Å². The van der Waals surface area contributed by atoms with Crippen molar-refractivity contribution in [3.63, 3.8) is 0 Å². The van der Waals surface area contributed by atoms with Crippen molar-refractivity contribution < 1.29 is 0 Å². The summed E-state index contributed by atoms with van der Waals surface area (Å²) in [4.78, 5) is 4.65. The van der Waals surface area contributed by atoms with Crippen molar-refractivity contribution in [2.24, 2.45) is 10.4 Å². The average molecular weight is 256 g/mol. The Labute approximate surface area is 111 Å². The molecule has 1 aliphatic rings.